The molecule has 74 valence electrons. The average molecular weight is 209 g/mol. The molecule has 2 aromatic heterocycles. The van der Waals surface area contributed by atoms with Crippen molar-refractivity contribution in [1.82, 2.24) is 24.5 Å². The van der Waals surface area contributed by atoms with Crippen LogP contribution in [0.5, 0.6) is 0 Å². The summed E-state index contributed by atoms with van der Waals surface area (Å²) in [5.74, 6) is 0. The molecule has 0 atom stereocenters. The van der Waals surface area contributed by atoms with Gasteiger partial charge < -0.3 is 9.55 Å². The number of H-pyrrole nitrogens is 1. The van der Waals surface area contributed by atoms with Crippen LogP contribution >= 0.6 is 12.2 Å². The van der Waals surface area contributed by atoms with E-state index < -0.39 is 0 Å². The van der Waals surface area contributed by atoms with Crippen LogP contribution in [0, 0.1) is 11.7 Å². The SMILES string of the molecule is Cc1c[nH]c(=S)n1CCn1ccnn1. The van der Waals surface area contributed by atoms with Crippen molar-refractivity contribution >= 4 is 12.2 Å². The van der Waals surface area contributed by atoms with Crippen LogP contribution in [-0.2, 0) is 13.1 Å². The van der Waals surface area contributed by atoms with Crippen LogP contribution in [0.2, 0.25) is 0 Å². The molecule has 0 aliphatic heterocycles. The maximum Gasteiger partial charge on any atom is 0.177 e. The van der Waals surface area contributed by atoms with Crippen LogP contribution in [0.25, 0.3) is 0 Å². The third-order valence-corrected chi connectivity index (χ3v) is 2.44. The number of rotatable bonds is 3. The summed E-state index contributed by atoms with van der Waals surface area (Å²) in [6, 6.07) is 0. The molecule has 0 fully saturated rings. The number of aromatic nitrogens is 5. The van der Waals surface area contributed by atoms with E-state index in [2.05, 4.69) is 15.3 Å². The zero-order valence-corrected chi connectivity index (χ0v) is 8.66. The highest BCUT2D eigenvalue weighted by atomic mass is 32.1. The lowest BCUT2D eigenvalue weighted by atomic mass is 10.5. The highest BCUT2D eigenvalue weighted by Gasteiger charge is 1.99. The number of imidazole rings is 1. The number of nitrogens with one attached hydrogen (secondary N) is 1. The standard InChI is InChI=1S/C8H11N5S/c1-7-6-9-8(14)13(7)5-4-12-3-2-10-11-12/h2-3,6H,4-5H2,1H3,(H,9,14). The van der Waals surface area contributed by atoms with Crippen LogP contribution < -0.4 is 0 Å². The van der Waals surface area contributed by atoms with Gasteiger partial charge in [-0.3, -0.25) is 4.68 Å². The smallest absolute Gasteiger partial charge is 0.177 e. The van der Waals surface area contributed by atoms with Crippen molar-refractivity contribution in [2.45, 2.75) is 20.0 Å². The molecule has 0 amide bonds. The zero-order chi connectivity index (χ0) is 9.97. The van der Waals surface area contributed by atoms with Gasteiger partial charge in [0.2, 0.25) is 0 Å². The van der Waals surface area contributed by atoms with E-state index in [9.17, 15) is 0 Å². The molecule has 0 aliphatic rings. The molecule has 2 aromatic rings. The second kappa shape index (κ2) is 3.75. The topological polar surface area (TPSA) is 51.4 Å². The minimum atomic E-state index is 0.752. The van der Waals surface area contributed by atoms with Crippen LogP contribution in [0.1, 0.15) is 5.69 Å². The third kappa shape index (κ3) is 1.74. The summed E-state index contributed by atoms with van der Waals surface area (Å²) in [4.78, 5) is 3.00. The van der Waals surface area contributed by atoms with E-state index in [-0.39, 0.29) is 0 Å². The molecule has 0 radical (unpaired) electrons. The van der Waals surface area contributed by atoms with Gasteiger partial charge >= 0.3 is 0 Å². The number of aromatic amines is 1. The zero-order valence-electron chi connectivity index (χ0n) is 7.84. The summed E-state index contributed by atoms with van der Waals surface area (Å²) in [6.45, 7) is 3.62. The van der Waals surface area contributed by atoms with Crippen LogP contribution in [-0.4, -0.2) is 24.5 Å². The Morgan fingerprint density at radius 3 is 2.93 bits per heavy atom. The lowest BCUT2D eigenvalue weighted by Crippen LogP contribution is -2.09. The Bertz CT molecular complexity index is 452. The molecule has 0 saturated heterocycles. The fourth-order valence-corrected chi connectivity index (χ4v) is 1.61. The van der Waals surface area contributed by atoms with E-state index >= 15 is 0 Å². The van der Waals surface area contributed by atoms with Gasteiger partial charge in [0.05, 0.1) is 12.7 Å². The molecule has 0 aliphatic carbocycles. The summed E-state index contributed by atoms with van der Waals surface area (Å²) in [6.07, 6.45) is 5.42. The number of hydrogen-bond donors (Lipinski definition) is 1. The van der Waals surface area contributed by atoms with Crippen molar-refractivity contribution in [3.63, 3.8) is 0 Å². The maximum absolute atomic E-state index is 5.13. The Hall–Kier alpha value is -1.43. The predicted molar refractivity (Wildman–Crippen MR) is 54.4 cm³/mol. The molecule has 2 heterocycles. The lowest BCUT2D eigenvalue weighted by molar-refractivity contribution is 0.511. The Morgan fingerprint density at radius 2 is 2.36 bits per heavy atom. The number of hydrogen-bond acceptors (Lipinski definition) is 3. The van der Waals surface area contributed by atoms with E-state index in [1.54, 1.807) is 10.9 Å². The minimum Gasteiger partial charge on any atom is -0.337 e. The Balaban J connectivity index is 2.09. The van der Waals surface area contributed by atoms with Crippen molar-refractivity contribution in [3.8, 4) is 0 Å². The fourth-order valence-electron chi connectivity index (χ4n) is 1.31. The maximum atomic E-state index is 5.13. The first kappa shape index (κ1) is 9.14. The first-order valence-electron chi connectivity index (χ1n) is 4.36. The monoisotopic (exact) mass is 209 g/mol. The van der Waals surface area contributed by atoms with Gasteiger partial charge in [-0.25, -0.2) is 0 Å². The molecule has 5 nitrogen and oxygen atoms in total. The summed E-state index contributed by atoms with van der Waals surface area (Å²) >= 11 is 5.13. The van der Waals surface area contributed by atoms with E-state index in [0.29, 0.717) is 0 Å². The van der Waals surface area contributed by atoms with Gasteiger partial charge in [0, 0.05) is 24.6 Å². The summed E-state index contributed by atoms with van der Waals surface area (Å²) in [5.41, 5.74) is 1.13. The molecule has 0 saturated carbocycles. The quantitative estimate of drug-likeness (QED) is 0.771. The van der Waals surface area contributed by atoms with Crippen molar-refractivity contribution in [3.05, 3.63) is 29.1 Å². The summed E-state index contributed by atoms with van der Waals surface area (Å²) < 4.78 is 4.58. The van der Waals surface area contributed by atoms with Crippen molar-refractivity contribution < 1.29 is 0 Å². The fraction of sp³-hybridized carbons (Fsp3) is 0.375. The van der Waals surface area contributed by atoms with E-state index in [1.807, 2.05) is 23.9 Å². The molecule has 0 aromatic carbocycles. The Labute approximate surface area is 86.4 Å². The highest BCUT2D eigenvalue weighted by Crippen LogP contribution is 1.99. The van der Waals surface area contributed by atoms with E-state index in [0.717, 1.165) is 23.6 Å². The Morgan fingerprint density at radius 1 is 1.50 bits per heavy atom. The molecule has 2 rings (SSSR count). The minimum absolute atomic E-state index is 0.752. The molecule has 0 spiro atoms. The molecule has 6 heteroatoms. The predicted octanol–water partition coefficient (Wildman–Crippen LogP) is 1.15. The van der Waals surface area contributed by atoms with Gasteiger partial charge in [0.25, 0.3) is 0 Å². The molecule has 0 bridgehead atoms. The van der Waals surface area contributed by atoms with Gasteiger partial charge in [-0.15, -0.1) is 5.10 Å². The lowest BCUT2D eigenvalue weighted by Gasteiger charge is -2.04. The number of nitrogens with zero attached hydrogens (tertiary/aromatic N) is 4. The largest absolute Gasteiger partial charge is 0.337 e. The van der Waals surface area contributed by atoms with Crippen molar-refractivity contribution in [2.75, 3.05) is 0 Å². The van der Waals surface area contributed by atoms with E-state index in [4.69, 9.17) is 12.2 Å². The Kier molecular flexibility index (Phi) is 2.45. The third-order valence-electron chi connectivity index (χ3n) is 2.10. The van der Waals surface area contributed by atoms with Gasteiger partial charge in [-0.1, -0.05) is 5.21 Å². The second-order valence-corrected chi connectivity index (χ2v) is 3.44. The average Bonchev–Trinajstić information content (AvgIpc) is 2.76. The number of aryl methyl sites for hydroxylation is 2. The van der Waals surface area contributed by atoms with Crippen molar-refractivity contribution in [1.29, 1.82) is 0 Å². The summed E-state index contributed by atoms with van der Waals surface area (Å²) in [5, 5.41) is 7.62. The highest BCUT2D eigenvalue weighted by molar-refractivity contribution is 7.71. The first-order chi connectivity index (χ1) is 6.77. The molecule has 14 heavy (non-hydrogen) atoms. The molecule has 0 unspecified atom stereocenters. The van der Waals surface area contributed by atoms with Crippen LogP contribution in [0.4, 0.5) is 0 Å². The summed E-state index contributed by atoms with van der Waals surface area (Å²) in [7, 11) is 0. The van der Waals surface area contributed by atoms with E-state index in [1.165, 1.54) is 0 Å². The van der Waals surface area contributed by atoms with Gasteiger partial charge in [0.1, 0.15) is 0 Å². The van der Waals surface area contributed by atoms with Crippen molar-refractivity contribution in [2.24, 2.45) is 0 Å². The van der Waals surface area contributed by atoms with Gasteiger partial charge in [-0.2, -0.15) is 0 Å². The molecular weight excluding hydrogens is 198 g/mol. The van der Waals surface area contributed by atoms with Gasteiger partial charge in [0.15, 0.2) is 4.77 Å². The molecule has 1 N–H and O–H groups in total. The second-order valence-electron chi connectivity index (χ2n) is 3.05. The van der Waals surface area contributed by atoms with Crippen LogP contribution in [0.3, 0.4) is 0 Å². The molecular formula is C8H11N5S. The van der Waals surface area contributed by atoms with Crippen LogP contribution in [0.15, 0.2) is 18.6 Å². The normalized spacial score (nSPS) is 10.6. The first-order valence-corrected chi connectivity index (χ1v) is 4.77. The van der Waals surface area contributed by atoms with Gasteiger partial charge in [-0.05, 0) is 19.1 Å².